The molecule has 0 saturated carbocycles. The highest BCUT2D eigenvalue weighted by Crippen LogP contribution is 2.32. The molecule has 0 aliphatic heterocycles. The van der Waals surface area contributed by atoms with Crippen molar-refractivity contribution in [2.45, 2.75) is 26.7 Å². The summed E-state index contributed by atoms with van der Waals surface area (Å²) >= 11 is 0. The van der Waals surface area contributed by atoms with Crippen molar-refractivity contribution in [1.29, 1.82) is 0 Å². The van der Waals surface area contributed by atoms with Crippen LogP contribution in [-0.2, 0) is 0 Å². The zero-order chi connectivity index (χ0) is 18.5. The molecule has 0 amide bonds. The molecule has 0 bridgehead atoms. The van der Waals surface area contributed by atoms with Crippen molar-refractivity contribution in [2.75, 3.05) is 0 Å². The molecule has 2 aromatic heterocycles. The van der Waals surface area contributed by atoms with Crippen molar-refractivity contribution in [3.8, 4) is 5.69 Å². The number of nitrogens with zero attached hydrogens (tertiary/aromatic N) is 3. The molecule has 0 unspecified atom stereocenters. The zero-order valence-electron chi connectivity index (χ0n) is 13.6. The summed E-state index contributed by atoms with van der Waals surface area (Å²) in [6, 6.07) is 1.25. The smallest absolute Gasteiger partial charge is 0.337 e. The van der Waals surface area contributed by atoms with Crippen molar-refractivity contribution in [2.24, 2.45) is 0 Å². The second-order valence-corrected chi connectivity index (χ2v) is 5.96. The molecule has 8 heteroatoms. The molecule has 3 aromatic rings. The van der Waals surface area contributed by atoms with Gasteiger partial charge in [-0.3, -0.25) is 0 Å². The molecule has 0 aliphatic carbocycles. The average Bonchev–Trinajstić information content (AvgIpc) is 2.86. The van der Waals surface area contributed by atoms with Crippen LogP contribution < -0.4 is 0 Å². The summed E-state index contributed by atoms with van der Waals surface area (Å²) < 4.78 is 42.2. The fourth-order valence-electron chi connectivity index (χ4n) is 2.91. The van der Waals surface area contributed by atoms with Gasteiger partial charge in [0.25, 0.3) is 0 Å². The van der Waals surface area contributed by atoms with E-state index in [9.17, 15) is 23.1 Å². The van der Waals surface area contributed by atoms with Gasteiger partial charge in [-0.15, -0.1) is 0 Å². The highest BCUT2D eigenvalue weighted by Gasteiger charge is 2.24. The van der Waals surface area contributed by atoms with Crippen LogP contribution in [0.15, 0.2) is 18.3 Å². The maximum atomic E-state index is 14.1. The lowest BCUT2D eigenvalue weighted by atomic mass is 9.95. The van der Waals surface area contributed by atoms with Crippen LogP contribution in [0, 0.1) is 24.4 Å². The predicted octanol–water partition coefficient (Wildman–Crippen LogP) is 3.97. The monoisotopic (exact) mass is 349 g/mol. The molecule has 2 heterocycles. The maximum absolute atomic E-state index is 14.1. The maximum Gasteiger partial charge on any atom is 0.337 e. The van der Waals surface area contributed by atoms with Gasteiger partial charge < -0.3 is 5.11 Å². The van der Waals surface area contributed by atoms with Gasteiger partial charge in [0.05, 0.1) is 11.3 Å². The van der Waals surface area contributed by atoms with Gasteiger partial charge in [-0.25, -0.2) is 27.6 Å². The van der Waals surface area contributed by atoms with E-state index in [4.69, 9.17) is 0 Å². The molecular weight excluding hydrogens is 335 g/mol. The minimum Gasteiger partial charge on any atom is -0.478 e. The third-order valence-electron chi connectivity index (χ3n) is 3.92. The van der Waals surface area contributed by atoms with Crippen molar-refractivity contribution >= 4 is 17.0 Å². The first-order valence-electron chi connectivity index (χ1n) is 7.48. The molecule has 25 heavy (non-hydrogen) atoms. The van der Waals surface area contributed by atoms with Gasteiger partial charge in [-0.1, -0.05) is 13.8 Å². The lowest BCUT2D eigenvalue weighted by Crippen LogP contribution is -2.08. The molecule has 0 aliphatic rings. The second-order valence-electron chi connectivity index (χ2n) is 5.96. The fourth-order valence-corrected chi connectivity index (χ4v) is 2.91. The van der Waals surface area contributed by atoms with Crippen LogP contribution in [0.4, 0.5) is 13.2 Å². The molecule has 130 valence electrons. The summed E-state index contributed by atoms with van der Waals surface area (Å²) in [7, 11) is 0. The third kappa shape index (κ3) is 2.63. The summed E-state index contributed by atoms with van der Waals surface area (Å²) in [6.07, 6.45) is 1.14. The van der Waals surface area contributed by atoms with E-state index in [0.717, 1.165) is 16.9 Å². The second kappa shape index (κ2) is 5.87. The van der Waals surface area contributed by atoms with Crippen LogP contribution in [0.2, 0.25) is 0 Å². The number of hydrogen-bond donors (Lipinski definition) is 1. The van der Waals surface area contributed by atoms with Crippen LogP contribution in [0.3, 0.4) is 0 Å². The lowest BCUT2D eigenvalue weighted by molar-refractivity contribution is 0.0695. The molecule has 0 spiro atoms. The van der Waals surface area contributed by atoms with Crippen LogP contribution >= 0.6 is 0 Å². The Bertz CT molecular complexity index is 1010. The Morgan fingerprint density at radius 2 is 1.92 bits per heavy atom. The van der Waals surface area contributed by atoms with Crippen LogP contribution in [0.1, 0.15) is 41.4 Å². The molecule has 0 fully saturated rings. The van der Waals surface area contributed by atoms with Crippen molar-refractivity contribution in [3.05, 3.63) is 52.6 Å². The number of carbonyl (C=O) groups is 1. The van der Waals surface area contributed by atoms with E-state index in [2.05, 4.69) is 10.1 Å². The van der Waals surface area contributed by atoms with E-state index in [0.29, 0.717) is 22.7 Å². The Morgan fingerprint density at radius 1 is 1.24 bits per heavy atom. The van der Waals surface area contributed by atoms with Crippen molar-refractivity contribution in [3.63, 3.8) is 0 Å². The Balaban J connectivity index is 2.42. The zero-order valence-corrected chi connectivity index (χ0v) is 13.6. The van der Waals surface area contributed by atoms with Gasteiger partial charge in [-0.2, -0.15) is 5.10 Å². The number of benzene rings is 1. The highest BCUT2D eigenvalue weighted by atomic mass is 19.2. The van der Waals surface area contributed by atoms with E-state index in [1.807, 2.05) is 0 Å². The summed E-state index contributed by atoms with van der Waals surface area (Å²) in [5.41, 5.74) is 0.587. The normalized spacial score (nSPS) is 11.5. The number of carboxylic acids is 1. The summed E-state index contributed by atoms with van der Waals surface area (Å²) in [6.45, 7) is 5.21. The number of fused-ring (bicyclic) bond motifs is 1. The summed E-state index contributed by atoms with van der Waals surface area (Å²) in [5.74, 6) is -4.89. The van der Waals surface area contributed by atoms with Gasteiger partial charge in [0, 0.05) is 23.7 Å². The predicted molar refractivity (Wildman–Crippen MR) is 84.5 cm³/mol. The Morgan fingerprint density at radius 3 is 2.52 bits per heavy atom. The molecule has 1 N–H and O–H groups in total. The number of hydrogen-bond acceptors (Lipinski definition) is 3. The number of aryl methyl sites for hydroxylation is 1. The van der Waals surface area contributed by atoms with E-state index in [1.54, 1.807) is 20.8 Å². The standard InChI is InChI=1S/C17H14F3N3O2/c1-7(2)13-10(17(24)25)6-21-16-14(13)8(3)22-23(16)12-5-9(18)4-11(19)15(12)20/h4-7H,1-3H3,(H,24,25). The van der Waals surface area contributed by atoms with Crippen molar-refractivity contribution in [1.82, 2.24) is 14.8 Å². The van der Waals surface area contributed by atoms with E-state index < -0.39 is 29.1 Å². The average molecular weight is 349 g/mol. The van der Waals surface area contributed by atoms with Crippen LogP contribution in [0.25, 0.3) is 16.7 Å². The first kappa shape index (κ1) is 16.9. The molecule has 0 radical (unpaired) electrons. The van der Waals surface area contributed by atoms with Gasteiger partial charge >= 0.3 is 5.97 Å². The molecule has 3 rings (SSSR count). The Labute approximate surface area is 140 Å². The minimum absolute atomic E-state index is 0.0102. The minimum atomic E-state index is -1.34. The third-order valence-corrected chi connectivity index (χ3v) is 3.92. The molecule has 1 aromatic carbocycles. The number of carboxylic acid groups (broad SMARTS) is 1. The van der Waals surface area contributed by atoms with Crippen molar-refractivity contribution < 1.29 is 23.1 Å². The van der Waals surface area contributed by atoms with Crippen LogP contribution in [-0.4, -0.2) is 25.8 Å². The number of aromatic carboxylic acids is 1. The summed E-state index contributed by atoms with van der Waals surface area (Å²) in [5, 5.41) is 13.9. The topological polar surface area (TPSA) is 68.0 Å². The molecule has 0 atom stereocenters. The van der Waals surface area contributed by atoms with Gasteiger partial charge in [-0.05, 0) is 18.4 Å². The van der Waals surface area contributed by atoms with E-state index in [1.165, 1.54) is 0 Å². The number of pyridine rings is 1. The first-order chi connectivity index (χ1) is 11.7. The van der Waals surface area contributed by atoms with Crippen LogP contribution in [0.5, 0.6) is 0 Å². The number of rotatable bonds is 3. The van der Waals surface area contributed by atoms with Gasteiger partial charge in [0.1, 0.15) is 11.5 Å². The number of halogens is 3. The van der Waals surface area contributed by atoms with Gasteiger partial charge in [0.2, 0.25) is 0 Å². The quantitative estimate of drug-likeness (QED) is 0.727. The Kier molecular flexibility index (Phi) is 3.98. The molecule has 0 saturated heterocycles. The molecule has 5 nitrogen and oxygen atoms in total. The number of aromatic nitrogens is 3. The Hall–Kier alpha value is -2.90. The van der Waals surface area contributed by atoms with Gasteiger partial charge in [0.15, 0.2) is 17.3 Å². The first-order valence-corrected chi connectivity index (χ1v) is 7.48. The lowest BCUT2D eigenvalue weighted by Gasteiger charge is -2.12. The molecular formula is C17H14F3N3O2. The fraction of sp³-hybridized carbons (Fsp3) is 0.235. The van der Waals surface area contributed by atoms with E-state index in [-0.39, 0.29) is 17.1 Å². The largest absolute Gasteiger partial charge is 0.478 e. The van der Waals surface area contributed by atoms with E-state index >= 15 is 0 Å². The highest BCUT2D eigenvalue weighted by molar-refractivity contribution is 5.96. The SMILES string of the molecule is Cc1nn(-c2cc(F)cc(F)c2F)c2ncc(C(=O)O)c(C(C)C)c12. The summed E-state index contributed by atoms with van der Waals surface area (Å²) in [4.78, 5) is 15.5.